The molecule has 0 spiro atoms. The first-order valence-electron chi connectivity index (χ1n) is 7.54. The Balaban J connectivity index is 2.24. The third-order valence-electron chi connectivity index (χ3n) is 3.56. The predicted molar refractivity (Wildman–Crippen MR) is 83.0 cm³/mol. The molecule has 0 saturated heterocycles. The van der Waals surface area contributed by atoms with Crippen molar-refractivity contribution >= 4 is 11.6 Å². The molecule has 1 N–H and O–H groups in total. The maximum absolute atomic E-state index is 11.8. The van der Waals surface area contributed by atoms with Crippen molar-refractivity contribution in [2.75, 3.05) is 26.4 Å². The number of benzene rings is 1. The zero-order chi connectivity index (χ0) is 16.8. The molecule has 1 aliphatic heterocycles. The Bertz CT molecular complexity index is 591. The molecule has 1 aliphatic rings. The van der Waals surface area contributed by atoms with Gasteiger partial charge in [0.15, 0.2) is 6.79 Å². The molecule has 23 heavy (non-hydrogen) atoms. The lowest BCUT2D eigenvalue weighted by molar-refractivity contribution is -0.385. The normalized spacial score (nSPS) is 13.3. The number of ether oxygens (including phenoxy) is 2. The van der Waals surface area contributed by atoms with Crippen LogP contribution in [0.25, 0.3) is 0 Å². The smallest absolute Gasteiger partial charge is 0.270 e. The van der Waals surface area contributed by atoms with Gasteiger partial charge in [-0.1, -0.05) is 6.92 Å². The maximum atomic E-state index is 11.8. The van der Waals surface area contributed by atoms with E-state index in [2.05, 4.69) is 5.32 Å². The van der Waals surface area contributed by atoms with Gasteiger partial charge in [-0.15, -0.1) is 0 Å². The number of rotatable bonds is 7. The number of amides is 1. The molecular formula is C15H21N3O5. The fraction of sp³-hybridized carbons (Fsp3) is 0.533. The lowest BCUT2D eigenvalue weighted by Gasteiger charge is -2.24. The SMILES string of the molecule is CCNC(=O)CN(CC)Cc1cc([N+](=O)[O-])cc2c1OCOC2. The van der Waals surface area contributed by atoms with Crippen LogP contribution < -0.4 is 10.1 Å². The highest BCUT2D eigenvalue weighted by molar-refractivity contribution is 5.77. The van der Waals surface area contributed by atoms with E-state index in [0.717, 1.165) is 0 Å². The van der Waals surface area contributed by atoms with Crippen LogP contribution in [-0.4, -0.2) is 42.2 Å². The van der Waals surface area contributed by atoms with Crippen LogP contribution in [0.1, 0.15) is 25.0 Å². The van der Waals surface area contributed by atoms with E-state index in [9.17, 15) is 14.9 Å². The molecule has 0 saturated carbocycles. The van der Waals surface area contributed by atoms with Crippen LogP contribution in [0.2, 0.25) is 0 Å². The fourth-order valence-corrected chi connectivity index (χ4v) is 2.48. The predicted octanol–water partition coefficient (Wildman–Crippen LogP) is 1.42. The minimum absolute atomic E-state index is 0.00177. The lowest BCUT2D eigenvalue weighted by atomic mass is 10.1. The monoisotopic (exact) mass is 323 g/mol. The Labute approximate surface area is 134 Å². The van der Waals surface area contributed by atoms with E-state index in [1.54, 1.807) is 0 Å². The number of nitrogens with zero attached hydrogens (tertiary/aromatic N) is 2. The van der Waals surface area contributed by atoms with E-state index in [-0.39, 0.29) is 31.5 Å². The largest absolute Gasteiger partial charge is 0.467 e. The zero-order valence-corrected chi connectivity index (χ0v) is 13.3. The number of fused-ring (bicyclic) bond motifs is 1. The number of hydrogen-bond acceptors (Lipinski definition) is 6. The van der Waals surface area contributed by atoms with Crippen molar-refractivity contribution in [1.82, 2.24) is 10.2 Å². The summed E-state index contributed by atoms with van der Waals surface area (Å²) in [4.78, 5) is 24.3. The number of nitro benzene ring substituents is 1. The topological polar surface area (TPSA) is 93.9 Å². The van der Waals surface area contributed by atoms with Crippen LogP contribution >= 0.6 is 0 Å². The summed E-state index contributed by atoms with van der Waals surface area (Å²) in [6.07, 6.45) is 0. The fourth-order valence-electron chi connectivity index (χ4n) is 2.48. The minimum atomic E-state index is -0.432. The van der Waals surface area contributed by atoms with Crippen LogP contribution in [0.3, 0.4) is 0 Å². The number of carbonyl (C=O) groups is 1. The second kappa shape index (κ2) is 7.89. The Hall–Kier alpha value is -2.19. The second-order valence-electron chi connectivity index (χ2n) is 5.22. The molecule has 0 aromatic heterocycles. The summed E-state index contributed by atoms with van der Waals surface area (Å²) in [5, 5.41) is 13.9. The molecule has 1 aromatic rings. The van der Waals surface area contributed by atoms with Gasteiger partial charge in [0.2, 0.25) is 5.91 Å². The van der Waals surface area contributed by atoms with Gasteiger partial charge in [-0.05, 0) is 13.5 Å². The van der Waals surface area contributed by atoms with Gasteiger partial charge in [-0.3, -0.25) is 19.8 Å². The summed E-state index contributed by atoms with van der Waals surface area (Å²) in [5.41, 5.74) is 1.36. The third kappa shape index (κ3) is 4.40. The molecule has 0 fully saturated rings. The van der Waals surface area contributed by atoms with Crippen LogP contribution in [0.15, 0.2) is 12.1 Å². The summed E-state index contributed by atoms with van der Waals surface area (Å²) in [5.74, 6) is 0.550. The molecular weight excluding hydrogens is 302 g/mol. The first-order chi connectivity index (χ1) is 11.0. The second-order valence-corrected chi connectivity index (χ2v) is 5.22. The Morgan fingerprint density at radius 2 is 2.22 bits per heavy atom. The van der Waals surface area contributed by atoms with Crippen molar-refractivity contribution in [1.29, 1.82) is 0 Å². The van der Waals surface area contributed by atoms with Crippen LogP contribution in [0, 0.1) is 10.1 Å². The maximum Gasteiger partial charge on any atom is 0.270 e. The van der Waals surface area contributed by atoms with Gasteiger partial charge in [-0.25, -0.2) is 0 Å². The van der Waals surface area contributed by atoms with Gasteiger partial charge < -0.3 is 14.8 Å². The van der Waals surface area contributed by atoms with Gasteiger partial charge in [0.25, 0.3) is 5.69 Å². The van der Waals surface area contributed by atoms with E-state index in [1.165, 1.54) is 12.1 Å². The van der Waals surface area contributed by atoms with Gasteiger partial charge in [0.1, 0.15) is 5.75 Å². The minimum Gasteiger partial charge on any atom is -0.467 e. The molecule has 8 nitrogen and oxygen atoms in total. The van der Waals surface area contributed by atoms with Crippen molar-refractivity contribution in [3.63, 3.8) is 0 Å². The standard InChI is InChI=1S/C15H21N3O5/c1-3-16-14(19)8-17(4-2)7-11-5-13(18(20)21)6-12-9-22-10-23-15(11)12/h5-6H,3-4,7-10H2,1-2H3,(H,16,19). The third-order valence-corrected chi connectivity index (χ3v) is 3.56. The summed E-state index contributed by atoms with van der Waals surface area (Å²) in [6, 6.07) is 2.97. The first kappa shape index (κ1) is 17.2. The van der Waals surface area contributed by atoms with Crippen LogP contribution in [0.5, 0.6) is 5.75 Å². The lowest BCUT2D eigenvalue weighted by Crippen LogP contribution is -2.36. The van der Waals surface area contributed by atoms with Crippen molar-refractivity contribution < 1.29 is 19.2 Å². The molecule has 126 valence electrons. The Morgan fingerprint density at radius 1 is 1.43 bits per heavy atom. The summed E-state index contributed by atoms with van der Waals surface area (Å²) in [7, 11) is 0. The van der Waals surface area contributed by atoms with E-state index >= 15 is 0 Å². The highest BCUT2D eigenvalue weighted by atomic mass is 16.7. The number of nitrogens with one attached hydrogen (secondary N) is 1. The number of carbonyl (C=O) groups excluding carboxylic acids is 1. The van der Waals surface area contributed by atoms with Crippen molar-refractivity contribution in [2.45, 2.75) is 27.0 Å². The Kier molecular flexibility index (Phi) is 5.89. The molecule has 0 bridgehead atoms. The number of nitro groups is 1. The summed E-state index contributed by atoms with van der Waals surface area (Å²) < 4.78 is 10.7. The average Bonchev–Trinajstić information content (AvgIpc) is 2.54. The average molecular weight is 323 g/mol. The molecule has 0 unspecified atom stereocenters. The molecule has 0 atom stereocenters. The molecule has 0 aliphatic carbocycles. The molecule has 1 amide bonds. The van der Waals surface area contributed by atoms with Gasteiger partial charge in [-0.2, -0.15) is 0 Å². The highest BCUT2D eigenvalue weighted by Gasteiger charge is 2.22. The number of hydrogen-bond donors (Lipinski definition) is 1. The van der Waals surface area contributed by atoms with Crippen LogP contribution in [-0.2, 0) is 22.7 Å². The van der Waals surface area contributed by atoms with Crippen molar-refractivity contribution in [3.05, 3.63) is 33.4 Å². The first-order valence-corrected chi connectivity index (χ1v) is 7.54. The van der Waals surface area contributed by atoms with Crippen molar-refractivity contribution in [3.8, 4) is 5.75 Å². The highest BCUT2D eigenvalue weighted by Crippen LogP contribution is 2.33. The quantitative estimate of drug-likeness (QED) is 0.602. The summed E-state index contributed by atoms with van der Waals surface area (Å²) >= 11 is 0. The van der Waals surface area contributed by atoms with Crippen LogP contribution in [0.4, 0.5) is 5.69 Å². The molecule has 1 heterocycles. The summed E-state index contributed by atoms with van der Waals surface area (Å²) in [6.45, 7) is 6.06. The molecule has 1 aromatic carbocycles. The zero-order valence-electron chi connectivity index (χ0n) is 13.3. The number of non-ortho nitro benzene ring substituents is 1. The van der Waals surface area contributed by atoms with E-state index in [0.29, 0.717) is 36.5 Å². The molecule has 2 rings (SSSR count). The van der Waals surface area contributed by atoms with E-state index in [1.807, 2.05) is 18.7 Å². The molecule has 0 radical (unpaired) electrons. The Morgan fingerprint density at radius 3 is 2.87 bits per heavy atom. The van der Waals surface area contributed by atoms with Gasteiger partial charge in [0.05, 0.1) is 18.1 Å². The van der Waals surface area contributed by atoms with Crippen molar-refractivity contribution in [2.24, 2.45) is 0 Å². The van der Waals surface area contributed by atoms with E-state index in [4.69, 9.17) is 9.47 Å². The number of likely N-dealkylation sites (N-methyl/N-ethyl adjacent to an activating group) is 2. The molecule has 8 heteroatoms. The van der Waals surface area contributed by atoms with E-state index < -0.39 is 4.92 Å². The van der Waals surface area contributed by atoms with Gasteiger partial charge >= 0.3 is 0 Å². The van der Waals surface area contributed by atoms with Gasteiger partial charge in [0, 0.05) is 36.3 Å².